The largest absolute Gasteiger partial charge is 0.396 e. The van der Waals surface area contributed by atoms with Gasteiger partial charge in [0.25, 0.3) is 0 Å². The van der Waals surface area contributed by atoms with Gasteiger partial charge in [-0.3, -0.25) is 0 Å². The summed E-state index contributed by atoms with van der Waals surface area (Å²) in [5.41, 5.74) is 6.28. The zero-order valence-corrected chi connectivity index (χ0v) is 8.24. The van der Waals surface area contributed by atoms with Crippen LogP contribution >= 0.6 is 0 Å². The van der Waals surface area contributed by atoms with E-state index in [2.05, 4.69) is 4.98 Å². The lowest BCUT2D eigenvalue weighted by Crippen LogP contribution is -2.23. The van der Waals surface area contributed by atoms with Gasteiger partial charge < -0.3 is 10.6 Å². The second-order valence-corrected chi connectivity index (χ2v) is 3.75. The van der Waals surface area contributed by atoms with Crippen molar-refractivity contribution in [3.05, 3.63) is 18.3 Å². The number of nitrogens with zero attached hydrogens (tertiary/aromatic N) is 2. The predicted octanol–water partition coefficient (Wildman–Crippen LogP) is 1.76. The molecule has 2 heterocycles. The van der Waals surface area contributed by atoms with E-state index in [0.29, 0.717) is 31.0 Å². The smallest absolute Gasteiger partial charge is 0.243 e. The SMILES string of the molecule is Nc1cccnc1N1CC[C@H](C(F)F)C1. The summed E-state index contributed by atoms with van der Waals surface area (Å²) in [6, 6.07) is 3.47. The molecule has 0 amide bonds. The Kier molecular flexibility index (Phi) is 2.70. The second kappa shape index (κ2) is 4.00. The van der Waals surface area contributed by atoms with Gasteiger partial charge in [0.1, 0.15) is 0 Å². The first-order valence-electron chi connectivity index (χ1n) is 4.92. The van der Waals surface area contributed by atoms with Crippen molar-refractivity contribution in [1.29, 1.82) is 0 Å². The van der Waals surface area contributed by atoms with Crippen molar-refractivity contribution in [2.75, 3.05) is 23.7 Å². The van der Waals surface area contributed by atoms with Gasteiger partial charge in [-0.05, 0) is 18.6 Å². The fraction of sp³-hybridized carbons (Fsp3) is 0.500. The first-order valence-corrected chi connectivity index (χ1v) is 4.92. The lowest BCUT2D eigenvalue weighted by atomic mass is 10.1. The molecule has 2 rings (SSSR count). The first-order chi connectivity index (χ1) is 7.18. The molecule has 0 unspecified atom stereocenters. The van der Waals surface area contributed by atoms with Crippen LogP contribution in [0.1, 0.15) is 6.42 Å². The van der Waals surface area contributed by atoms with Crippen LogP contribution in [0.5, 0.6) is 0 Å². The van der Waals surface area contributed by atoms with Gasteiger partial charge in [-0.25, -0.2) is 13.8 Å². The van der Waals surface area contributed by atoms with Crippen molar-refractivity contribution in [2.45, 2.75) is 12.8 Å². The molecule has 5 heteroatoms. The molecule has 0 bridgehead atoms. The van der Waals surface area contributed by atoms with E-state index in [-0.39, 0.29) is 0 Å². The molecule has 1 aliphatic heterocycles. The van der Waals surface area contributed by atoms with Crippen molar-refractivity contribution in [3.63, 3.8) is 0 Å². The molecule has 1 saturated heterocycles. The molecule has 1 aromatic heterocycles. The minimum Gasteiger partial charge on any atom is -0.396 e. The molecule has 82 valence electrons. The van der Waals surface area contributed by atoms with Crippen LogP contribution in [0.15, 0.2) is 18.3 Å². The van der Waals surface area contributed by atoms with Gasteiger partial charge in [-0.2, -0.15) is 0 Å². The molecule has 0 aromatic carbocycles. The molecule has 2 N–H and O–H groups in total. The van der Waals surface area contributed by atoms with Gasteiger partial charge >= 0.3 is 0 Å². The monoisotopic (exact) mass is 213 g/mol. The number of aromatic nitrogens is 1. The molecule has 15 heavy (non-hydrogen) atoms. The lowest BCUT2D eigenvalue weighted by molar-refractivity contribution is 0.0880. The van der Waals surface area contributed by atoms with Crippen LogP contribution in [-0.4, -0.2) is 24.5 Å². The van der Waals surface area contributed by atoms with Crippen LogP contribution < -0.4 is 10.6 Å². The van der Waals surface area contributed by atoms with Crippen LogP contribution in [0.25, 0.3) is 0 Å². The molecular formula is C10H13F2N3. The maximum Gasteiger partial charge on any atom is 0.243 e. The summed E-state index contributed by atoms with van der Waals surface area (Å²) >= 11 is 0. The number of halogens is 2. The Morgan fingerprint density at radius 3 is 2.93 bits per heavy atom. The quantitative estimate of drug-likeness (QED) is 0.813. The third-order valence-electron chi connectivity index (χ3n) is 2.70. The minimum atomic E-state index is -2.25. The summed E-state index contributed by atoms with van der Waals surface area (Å²) in [7, 11) is 0. The van der Waals surface area contributed by atoms with E-state index in [9.17, 15) is 8.78 Å². The van der Waals surface area contributed by atoms with E-state index >= 15 is 0 Å². The van der Waals surface area contributed by atoms with Gasteiger partial charge in [-0.1, -0.05) is 0 Å². The molecule has 3 nitrogen and oxygen atoms in total. The summed E-state index contributed by atoms with van der Waals surface area (Å²) in [6.45, 7) is 0.953. The zero-order valence-electron chi connectivity index (χ0n) is 8.24. The Morgan fingerprint density at radius 1 is 1.53 bits per heavy atom. The molecule has 0 aliphatic carbocycles. The molecule has 1 atom stereocenters. The molecule has 0 radical (unpaired) electrons. The topological polar surface area (TPSA) is 42.1 Å². The highest BCUT2D eigenvalue weighted by Gasteiger charge is 2.30. The van der Waals surface area contributed by atoms with Crippen LogP contribution in [0.4, 0.5) is 20.3 Å². The number of hydrogen-bond acceptors (Lipinski definition) is 3. The third kappa shape index (κ3) is 2.00. The van der Waals surface area contributed by atoms with Crippen molar-refractivity contribution in [3.8, 4) is 0 Å². The molecular weight excluding hydrogens is 200 g/mol. The standard InChI is InChI=1S/C10H13F2N3/c11-9(12)7-3-5-15(6-7)10-8(13)2-1-4-14-10/h1-2,4,7,9H,3,5-6,13H2/t7-/m0/s1. The molecule has 1 aliphatic rings. The van der Waals surface area contributed by atoms with Gasteiger partial charge in [0.05, 0.1) is 5.69 Å². The summed E-state index contributed by atoms with van der Waals surface area (Å²) in [4.78, 5) is 5.94. The van der Waals surface area contributed by atoms with Gasteiger partial charge in [0.15, 0.2) is 5.82 Å². The second-order valence-electron chi connectivity index (χ2n) is 3.75. The van der Waals surface area contributed by atoms with Crippen LogP contribution in [0.3, 0.4) is 0 Å². The van der Waals surface area contributed by atoms with Crippen LogP contribution in [-0.2, 0) is 0 Å². The number of hydrogen-bond donors (Lipinski definition) is 1. The number of alkyl halides is 2. The summed E-state index contributed by atoms with van der Waals surface area (Å²) in [5.74, 6) is 0.0760. The molecule has 1 fully saturated rings. The van der Waals surface area contributed by atoms with Crippen molar-refractivity contribution >= 4 is 11.5 Å². The molecule has 0 spiro atoms. The normalized spacial score (nSPS) is 21.3. The summed E-state index contributed by atoms with van der Waals surface area (Å²) in [5, 5.41) is 0. The number of nitrogen functional groups attached to an aromatic ring is 1. The fourth-order valence-corrected chi connectivity index (χ4v) is 1.86. The predicted molar refractivity (Wildman–Crippen MR) is 55.0 cm³/mol. The lowest BCUT2D eigenvalue weighted by Gasteiger charge is -2.18. The Bertz CT molecular complexity index is 343. The highest BCUT2D eigenvalue weighted by atomic mass is 19.3. The Morgan fingerprint density at radius 2 is 2.33 bits per heavy atom. The average molecular weight is 213 g/mol. The maximum absolute atomic E-state index is 12.5. The average Bonchev–Trinajstić information content (AvgIpc) is 2.67. The Balaban J connectivity index is 2.11. The Labute approximate surface area is 86.9 Å². The van der Waals surface area contributed by atoms with E-state index in [1.807, 2.05) is 4.90 Å². The highest BCUT2D eigenvalue weighted by Crippen LogP contribution is 2.29. The summed E-state index contributed by atoms with van der Waals surface area (Å²) < 4.78 is 24.9. The van der Waals surface area contributed by atoms with Crippen molar-refractivity contribution < 1.29 is 8.78 Å². The molecule has 0 saturated carbocycles. The van der Waals surface area contributed by atoms with E-state index in [1.54, 1.807) is 18.3 Å². The third-order valence-corrected chi connectivity index (χ3v) is 2.70. The number of rotatable bonds is 2. The van der Waals surface area contributed by atoms with Crippen LogP contribution in [0.2, 0.25) is 0 Å². The summed E-state index contributed by atoms with van der Waals surface area (Å²) in [6.07, 6.45) is -0.116. The van der Waals surface area contributed by atoms with Crippen molar-refractivity contribution in [2.24, 2.45) is 5.92 Å². The van der Waals surface area contributed by atoms with E-state index in [0.717, 1.165) is 0 Å². The van der Waals surface area contributed by atoms with Gasteiger partial charge in [0, 0.05) is 25.2 Å². The van der Waals surface area contributed by atoms with E-state index in [1.165, 1.54) is 0 Å². The minimum absolute atomic E-state index is 0.346. The first kappa shape index (κ1) is 10.1. The van der Waals surface area contributed by atoms with Gasteiger partial charge in [-0.15, -0.1) is 0 Å². The molecule has 1 aromatic rings. The zero-order chi connectivity index (χ0) is 10.8. The number of nitrogens with two attached hydrogens (primary N) is 1. The Hall–Kier alpha value is -1.39. The number of anilines is 2. The van der Waals surface area contributed by atoms with Crippen LogP contribution in [0, 0.1) is 5.92 Å². The van der Waals surface area contributed by atoms with E-state index < -0.39 is 12.3 Å². The van der Waals surface area contributed by atoms with Crippen molar-refractivity contribution in [1.82, 2.24) is 4.98 Å². The van der Waals surface area contributed by atoms with Gasteiger partial charge in [0.2, 0.25) is 6.43 Å². The fourth-order valence-electron chi connectivity index (χ4n) is 1.86. The number of pyridine rings is 1. The maximum atomic E-state index is 12.5. The van der Waals surface area contributed by atoms with E-state index in [4.69, 9.17) is 5.73 Å². The highest BCUT2D eigenvalue weighted by molar-refractivity contribution is 5.62.